The van der Waals surface area contributed by atoms with E-state index in [-0.39, 0.29) is 0 Å². The highest BCUT2D eigenvalue weighted by Gasteiger charge is 2.20. The third-order valence-electron chi connectivity index (χ3n) is 4.09. The summed E-state index contributed by atoms with van der Waals surface area (Å²) in [6.07, 6.45) is 4.95. The molecule has 1 aliphatic carbocycles. The number of nitrogens with one attached hydrogen (secondary N) is 1. The molecule has 0 bridgehead atoms. The summed E-state index contributed by atoms with van der Waals surface area (Å²) >= 11 is 0. The zero-order chi connectivity index (χ0) is 12.3. The van der Waals surface area contributed by atoms with Crippen molar-refractivity contribution in [3.05, 3.63) is 34.9 Å². The molecular weight excluding hydrogens is 208 g/mol. The van der Waals surface area contributed by atoms with E-state index in [1.807, 2.05) is 7.05 Å². The molecule has 0 saturated carbocycles. The molecule has 94 valence electrons. The highest BCUT2D eigenvalue weighted by atomic mass is 14.9. The van der Waals surface area contributed by atoms with Gasteiger partial charge in [0.15, 0.2) is 0 Å². The van der Waals surface area contributed by atoms with Gasteiger partial charge in [0.2, 0.25) is 0 Å². The van der Waals surface area contributed by atoms with E-state index in [2.05, 4.69) is 30.4 Å². The Morgan fingerprint density at radius 3 is 2.71 bits per heavy atom. The van der Waals surface area contributed by atoms with Crippen LogP contribution < -0.4 is 11.1 Å². The van der Waals surface area contributed by atoms with Gasteiger partial charge in [-0.05, 0) is 55.5 Å². The highest BCUT2D eigenvalue weighted by Crippen LogP contribution is 2.29. The van der Waals surface area contributed by atoms with Crippen LogP contribution in [-0.4, -0.2) is 13.6 Å². The van der Waals surface area contributed by atoms with Crippen LogP contribution in [0.1, 0.15) is 42.5 Å². The molecule has 0 amide bonds. The molecule has 2 atom stereocenters. The fraction of sp³-hybridized carbons (Fsp3) is 0.600. The maximum absolute atomic E-state index is 5.87. The first-order valence-electron chi connectivity index (χ1n) is 6.79. The molecule has 0 heterocycles. The molecule has 2 nitrogen and oxygen atoms in total. The predicted octanol–water partition coefficient (Wildman–Crippen LogP) is 2.42. The van der Waals surface area contributed by atoms with Crippen LogP contribution in [0.4, 0.5) is 0 Å². The molecule has 0 aromatic heterocycles. The van der Waals surface area contributed by atoms with Crippen molar-refractivity contribution >= 4 is 0 Å². The van der Waals surface area contributed by atoms with Gasteiger partial charge in [-0.1, -0.05) is 31.5 Å². The van der Waals surface area contributed by atoms with E-state index in [1.165, 1.54) is 24.8 Å². The number of nitrogens with two attached hydrogens (primary N) is 1. The molecule has 1 aromatic carbocycles. The van der Waals surface area contributed by atoms with Crippen LogP contribution in [0, 0.1) is 5.92 Å². The molecule has 0 radical (unpaired) electrons. The average molecular weight is 232 g/mol. The van der Waals surface area contributed by atoms with Crippen LogP contribution in [0.2, 0.25) is 0 Å². The number of aryl methyl sites for hydroxylation is 2. The van der Waals surface area contributed by atoms with Crippen molar-refractivity contribution in [2.24, 2.45) is 11.7 Å². The Bertz CT molecular complexity index is 369. The Kier molecular flexibility index (Phi) is 4.19. The Labute approximate surface area is 105 Å². The summed E-state index contributed by atoms with van der Waals surface area (Å²) in [4.78, 5) is 0. The average Bonchev–Trinajstić information content (AvgIpc) is 2.82. The fourth-order valence-corrected chi connectivity index (χ4v) is 3.00. The van der Waals surface area contributed by atoms with Crippen molar-refractivity contribution in [2.45, 2.75) is 38.6 Å². The minimum absolute atomic E-state index is 0.399. The summed E-state index contributed by atoms with van der Waals surface area (Å²) in [5.41, 5.74) is 10.4. The van der Waals surface area contributed by atoms with E-state index in [0.29, 0.717) is 12.0 Å². The van der Waals surface area contributed by atoms with Crippen molar-refractivity contribution in [2.75, 3.05) is 13.6 Å². The van der Waals surface area contributed by atoms with Crippen LogP contribution in [0.3, 0.4) is 0 Å². The second kappa shape index (κ2) is 5.65. The molecule has 0 spiro atoms. The number of fused-ring (bicyclic) bond motifs is 1. The van der Waals surface area contributed by atoms with Crippen molar-refractivity contribution in [1.29, 1.82) is 0 Å². The molecule has 2 unspecified atom stereocenters. The maximum atomic E-state index is 5.87. The van der Waals surface area contributed by atoms with Gasteiger partial charge in [0, 0.05) is 6.04 Å². The first-order valence-corrected chi connectivity index (χ1v) is 6.79. The lowest BCUT2D eigenvalue weighted by Crippen LogP contribution is -2.30. The summed E-state index contributed by atoms with van der Waals surface area (Å²) < 4.78 is 0. The Balaban J connectivity index is 2.25. The molecule has 0 saturated heterocycles. The van der Waals surface area contributed by atoms with Crippen molar-refractivity contribution in [1.82, 2.24) is 5.32 Å². The minimum Gasteiger partial charge on any atom is -0.330 e. The first kappa shape index (κ1) is 12.6. The summed E-state index contributed by atoms with van der Waals surface area (Å²) in [7, 11) is 2.04. The minimum atomic E-state index is 0.399. The van der Waals surface area contributed by atoms with Gasteiger partial charge in [0.05, 0.1) is 0 Å². The highest BCUT2D eigenvalue weighted by molar-refractivity contribution is 5.36. The van der Waals surface area contributed by atoms with E-state index in [0.717, 1.165) is 13.0 Å². The summed E-state index contributed by atoms with van der Waals surface area (Å²) in [6.45, 7) is 2.97. The van der Waals surface area contributed by atoms with Crippen LogP contribution in [0.25, 0.3) is 0 Å². The van der Waals surface area contributed by atoms with E-state index in [4.69, 9.17) is 5.73 Å². The topological polar surface area (TPSA) is 38.0 Å². The number of rotatable bonds is 5. The third-order valence-corrected chi connectivity index (χ3v) is 4.09. The van der Waals surface area contributed by atoms with Gasteiger partial charge in [0.1, 0.15) is 0 Å². The second-order valence-corrected chi connectivity index (χ2v) is 5.05. The molecule has 17 heavy (non-hydrogen) atoms. The summed E-state index contributed by atoms with van der Waals surface area (Å²) in [5, 5.41) is 3.43. The van der Waals surface area contributed by atoms with Crippen molar-refractivity contribution in [3.63, 3.8) is 0 Å². The zero-order valence-electron chi connectivity index (χ0n) is 11.0. The van der Waals surface area contributed by atoms with Gasteiger partial charge in [0.25, 0.3) is 0 Å². The zero-order valence-corrected chi connectivity index (χ0v) is 11.0. The van der Waals surface area contributed by atoms with Gasteiger partial charge in [-0.3, -0.25) is 0 Å². The smallest absolute Gasteiger partial charge is 0.0358 e. The van der Waals surface area contributed by atoms with Crippen LogP contribution in [0.15, 0.2) is 18.2 Å². The van der Waals surface area contributed by atoms with Crippen molar-refractivity contribution < 1.29 is 0 Å². The number of hydrogen-bond acceptors (Lipinski definition) is 2. The number of hydrogen-bond donors (Lipinski definition) is 2. The quantitative estimate of drug-likeness (QED) is 0.818. The van der Waals surface area contributed by atoms with Crippen LogP contribution in [0.5, 0.6) is 0 Å². The summed E-state index contributed by atoms with van der Waals surface area (Å²) in [6, 6.07) is 7.38. The van der Waals surface area contributed by atoms with Crippen LogP contribution in [-0.2, 0) is 12.8 Å². The van der Waals surface area contributed by atoms with Gasteiger partial charge in [-0.25, -0.2) is 0 Å². The van der Waals surface area contributed by atoms with Crippen molar-refractivity contribution in [3.8, 4) is 0 Å². The Morgan fingerprint density at radius 2 is 2.06 bits per heavy atom. The molecule has 1 aromatic rings. The second-order valence-electron chi connectivity index (χ2n) is 5.05. The lowest BCUT2D eigenvalue weighted by molar-refractivity contribution is 0.378. The van der Waals surface area contributed by atoms with Gasteiger partial charge < -0.3 is 11.1 Å². The molecule has 1 aliphatic rings. The first-order chi connectivity index (χ1) is 8.30. The molecule has 0 aliphatic heterocycles. The Hall–Kier alpha value is -0.860. The van der Waals surface area contributed by atoms with E-state index in [1.54, 1.807) is 11.1 Å². The van der Waals surface area contributed by atoms with Gasteiger partial charge >= 0.3 is 0 Å². The normalized spacial score (nSPS) is 17.8. The lowest BCUT2D eigenvalue weighted by Gasteiger charge is -2.25. The molecule has 2 heteroatoms. The monoisotopic (exact) mass is 232 g/mol. The van der Waals surface area contributed by atoms with E-state index >= 15 is 0 Å². The predicted molar refractivity (Wildman–Crippen MR) is 73.1 cm³/mol. The van der Waals surface area contributed by atoms with Gasteiger partial charge in [-0.15, -0.1) is 0 Å². The van der Waals surface area contributed by atoms with Crippen LogP contribution >= 0.6 is 0 Å². The maximum Gasteiger partial charge on any atom is 0.0358 e. The third kappa shape index (κ3) is 2.53. The summed E-state index contributed by atoms with van der Waals surface area (Å²) in [5.74, 6) is 0.527. The largest absolute Gasteiger partial charge is 0.330 e. The molecule has 2 rings (SSSR count). The fourth-order valence-electron chi connectivity index (χ4n) is 3.00. The van der Waals surface area contributed by atoms with Gasteiger partial charge in [-0.2, -0.15) is 0 Å². The number of benzene rings is 1. The molecular formula is C15H24N2. The standard InChI is InChI=1S/C15H24N2/c1-3-11(10-16)15(17-2)14-8-7-12-5-4-6-13(12)9-14/h7-9,11,15,17H,3-6,10,16H2,1-2H3. The Morgan fingerprint density at radius 1 is 1.29 bits per heavy atom. The molecule has 3 N–H and O–H groups in total. The van der Waals surface area contributed by atoms with E-state index < -0.39 is 0 Å². The van der Waals surface area contributed by atoms with E-state index in [9.17, 15) is 0 Å². The lowest BCUT2D eigenvalue weighted by atomic mass is 9.89. The molecule has 0 fully saturated rings. The SMILES string of the molecule is CCC(CN)C(NC)c1ccc2c(c1)CCC2.